The topological polar surface area (TPSA) is 43.4 Å². The fourth-order valence-corrected chi connectivity index (χ4v) is 4.42. The van der Waals surface area contributed by atoms with Crippen LogP contribution in [-0.2, 0) is 26.9 Å². The highest BCUT2D eigenvalue weighted by molar-refractivity contribution is 6.31. The van der Waals surface area contributed by atoms with E-state index in [1.54, 1.807) is 45.9 Å². The van der Waals surface area contributed by atoms with E-state index in [0.29, 0.717) is 23.1 Å². The van der Waals surface area contributed by atoms with Gasteiger partial charge in [-0.1, -0.05) is 42.8 Å². The van der Waals surface area contributed by atoms with Crippen LogP contribution in [0.3, 0.4) is 0 Å². The van der Waals surface area contributed by atoms with Crippen LogP contribution in [0.15, 0.2) is 36.4 Å². The van der Waals surface area contributed by atoms with Crippen LogP contribution >= 0.6 is 11.6 Å². The number of aryl methyl sites for hydroxylation is 1. The summed E-state index contributed by atoms with van der Waals surface area (Å²) in [5.41, 5.74) is -0.587. The van der Waals surface area contributed by atoms with E-state index in [1.165, 1.54) is 12.1 Å². The molecule has 2 aromatic carbocycles. The first-order chi connectivity index (χ1) is 14.2. The lowest BCUT2D eigenvalue weighted by Gasteiger charge is -2.43. The van der Waals surface area contributed by atoms with Gasteiger partial charge < -0.3 is 4.74 Å². The van der Waals surface area contributed by atoms with E-state index >= 15 is 0 Å². The van der Waals surface area contributed by atoms with Crippen molar-refractivity contribution >= 4 is 23.2 Å². The van der Waals surface area contributed by atoms with Gasteiger partial charge in [0.25, 0.3) is 0 Å². The molecule has 0 amide bonds. The summed E-state index contributed by atoms with van der Waals surface area (Å²) in [6.07, 6.45) is -3.99. The van der Waals surface area contributed by atoms with E-state index < -0.39 is 28.9 Å². The Labute approximate surface area is 184 Å². The standard InChI is InChI=1S/C24H24ClF3O3/c1-6-13-11-14(15-8-10-17(18(25)12-15)24(26,27)28)7-9-16(13)19-20(29)22(2,3)31-23(4,5)21(19)30/h7-12,19H,6H2,1-5H3. The van der Waals surface area contributed by atoms with E-state index in [9.17, 15) is 22.8 Å². The summed E-state index contributed by atoms with van der Waals surface area (Å²) in [7, 11) is 0. The molecule has 1 fully saturated rings. The number of alkyl halides is 3. The summed E-state index contributed by atoms with van der Waals surface area (Å²) in [5, 5.41) is -0.384. The average molecular weight is 453 g/mol. The van der Waals surface area contributed by atoms with Gasteiger partial charge in [0, 0.05) is 0 Å². The fourth-order valence-electron chi connectivity index (χ4n) is 4.13. The molecule has 3 nitrogen and oxygen atoms in total. The number of Topliss-reactive ketones (excluding diaryl/α,β-unsaturated/α-hetero) is 2. The molecule has 1 saturated heterocycles. The Balaban J connectivity index is 2.07. The summed E-state index contributed by atoms with van der Waals surface area (Å²) in [6.45, 7) is 8.51. The molecular formula is C24H24ClF3O3. The van der Waals surface area contributed by atoms with Gasteiger partial charge >= 0.3 is 6.18 Å². The smallest absolute Gasteiger partial charge is 0.354 e. The number of ketones is 2. The number of benzene rings is 2. The summed E-state index contributed by atoms with van der Waals surface area (Å²) in [4.78, 5) is 26.2. The summed E-state index contributed by atoms with van der Waals surface area (Å²) in [6, 6.07) is 8.79. The van der Waals surface area contributed by atoms with Gasteiger partial charge in [-0.05, 0) is 68.5 Å². The molecule has 0 N–H and O–H groups in total. The van der Waals surface area contributed by atoms with Crippen molar-refractivity contribution in [1.82, 2.24) is 0 Å². The second kappa shape index (κ2) is 7.75. The molecule has 31 heavy (non-hydrogen) atoms. The Bertz CT molecular complexity index is 1030. The third kappa shape index (κ3) is 4.28. The number of halogens is 4. The van der Waals surface area contributed by atoms with Crippen LogP contribution in [0.2, 0.25) is 5.02 Å². The molecule has 0 atom stereocenters. The number of hydrogen-bond acceptors (Lipinski definition) is 3. The third-order valence-electron chi connectivity index (χ3n) is 5.66. The zero-order valence-electron chi connectivity index (χ0n) is 18.0. The molecule has 0 radical (unpaired) electrons. The average Bonchev–Trinajstić information content (AvgIpc) is 2.65. The summed E-state index contributed by atoms with van der Waals surface area (Å²) >= 11 is 5.87. The Hall–Kier alpha value is -2.18. The molecule has 3 rings (SSSR count). The van der Waals surface area contributed by atoms with Crippen molar-refractivity contribution in [2.75, 3.05) is 0 Å². The number of carbonyl (C=O) groups excluding carboxylic acids is 2. The van der Waals surface area contributed by atoms with Crippen LogP contribution in [0, 0.1) is 0 Å². The van der Waals surface area contributed by atoms with Gasteiger partial charge in [-0.3, -0.25) is 9.59 Å². The number of ether oxygens (including phenoxy) is 1. The van der Waals surface area contributed by atoms with Crippen molar-refractivity contribution < 1.29 is 27.5 Å². The molecule has 1 aliphatic heterocycles. The predicted octanol–water partition coefficient (Wildman–Crippen LogP) is 6.40. The summed E-state index contributed by atoms with van der Waals surface area (Å²) in [5.74, 6) is -1.58. The second-order valence-electron chi connectivity index (χ2n) is 8.74. The van der Waals surface area contributed by atoms with Crippen LogP contribution < -0.4 is 0 Å². The van der Waals surface area contributed by atoms with Crippen LogP contribution in [0.4, 0.5) is 13.2 Å². The zero-order valence-corrected chi connectivity index (χ0v) is 18.7. The maximum atomic E-state index is 13.1. The maximum absolute atomic E-state index is 13.1. The van der Waals surface area contributed by atoms with E-state index in [-0.39, 0.29) is 16.6 Å². The number of rotatable bonds is 3. The van der Waals surface area contributed by atoms with Crippen LogP contribution in [0.1, 0.15) is 57.2 Å². The van der Waals surface area contributed by atoms with Crippen molar-refractivity contribution in [3.63, 3.8) is 0 Å². The van der Waals surface area contributed by atoms with Crippen molar-refractivity contribution in [1.29, 1.82) is 0 Å². The molecule has 0 spiro atoms. The van der Waals surface area contributed by atoms with Crippen molar-refractivity contribution in [3.05, 3.63) is 58.1 Å². The monoisotopic (exact) mass is 452 g/mol. The van der Waals surface area contributed by atoms with E-state index in [1.807, 2.05) is 6.92 Å². The molecule has 1 heterocycles. The molecule has 7 heteroatoms. The van der Waals surface area contributed by atoms with Crippen LogP contribution in [-0.4, -0.2) is 22.8 Å². The number of hydrogen-bond donors (Lipinski definition) is 0. The third-order valence-corrected chi connectivity index (χ3v) is 5.98. The van der Waals surface area contributed by atoms with Crippen LogP contribution in [0.5, 0.6) is 0 Å². The first-order valence-corrected chi connectivity index (χ1v) is 10.4. The zero-order chi connectivity index (χ0) is 23.4. The van der Waals surface area contributed by atoms with Gasteiger partial charge in [0.1, 0.15) is 17.1 Å². The van der Waals surface area contributed by atoms with Crippen LogP contribution in [0.25, 0.3) is 11.1 Å². The van der Waals surface area contributed by atoms with Gasteiger partial charge in [0.15, 0.2) is 11.6 Å². The lowest BCUT2D eigenvalue weighted by atomic mass is 9.73. The minimum absolute atomic E-state index is 0.308. The van der Waals surface area contributed by atoms with Gasteiger partial charge in [-0.15, -0.1) is 0 Å². The molecule has 0 saturated carbocycles. The molecule has 0 unspecified atom stereocenters. The second-order valence-corrected chi connectivity index (χ2v) is 9.15. The molecule has 0 bridgehead atoms. The van der Waals surface area contributed by atoms with Crippen molar-refractivity contribution in [2.24, 2.45) is 0 Å². The molecule has 166 valence electrons. The first-order valence-electron chi connectivity index (χ1n) is 9.98. The minimum Gasteiger partial charge on any atom is -0.354 e. The van der Waals surface area contributed by atoms with E-state index in [4.69, 9.17) is 16.3 Å². The van der Waals surface area contributed by atoms with Gasteiger partial charge in [0.05, 0.1) is 10.6 Å². The lowest BCUT2D eigenvalue weighted by molar-refractivity contribution is -0.184. The SMILES string of the molecule is CCc1cc(-c2ccc(C(F)(F)F)c(Cl)c2)ccc1C1C(=O)C(C)(C)OC(C)(C)C1=O. The molecule has 0 aromatic heterocycles. The van der Waals surface area contributed by atoms with Crippen molar-refractivity contribution in [3.8, 4) is 11.1 Å². The van der Waals surface area contributed by atoms with Gasteiger partial charge in [0.2, 0.25) is 0 Å². The minimum atomic E-state index is -4.53. The van der Waals surface area contributed by atoms with Crippen molar-refractivity contribution in [2.45, 2.75) is 64.3 Å². The number of carbonyl (C=O) groups is 2. The Morgan fingerprint density at radius 1 is 0.935 bits per heavy atom. The molecule has 1 aliphatic rings. The lowest BCUT2D eigenvalue weighted by Crippen LogP contribution is -2.58. The largest absolute Gasteiger partial charge is 0.417 e. The summed E-state index contributed by atoms with van der Waals surface area (Å²) < 4.78 is 44.8. The highest BCUT2D eigenvalue weighted by Gasteiger charge is 2.53. The van der Waals surface area contributed by atoms with E-state index in [2.05, 4.69) is 0 Å². The predicted molar refractivity (Wildman–Crippen MR) is 113 cm³/mol. The Morgan fingerprint density at radius 3 is 1.94 bits per heavy atom. The van der Waals surface area contributed by atoms with E-state index in [0.717, 1.165) is 11.6 Å². The Morgan fingerprint density at radius 2 is 1.45 bits per heavy atom. The molecule has 2 aromatic rings. The van der Waals surface area contributed by atoms with Gasteiger partial charge in [-0.2, -0.15) is 13.2 Å². The quantitative estimate of drug-likeness (QED) is 0.506. The molecule has 0 aliphatic carbocycles. The normalized spacial score (nSPS) is 19.0. The molecular weight excluding hydrogens is 429 g/mol. The fraction of sp³-hybridized carbons (Fsp3) is 0.417. The highest BCUT2D eigenvalue weighted by atomic mass is 35.5. The van der Waals surface area contributed by atoms with Gasteiger partial charge in [-0.25, -0.2) is 0 Å². The Kier molecular flexibility index (Phi) is 5.87. The maximum Gasteiger partial charge on any atom is 0.417 e. The first kappa shape index (κ1) is 23.5. The highest BCUT2D eigenvalue weighted by Crippen LogP contribution is 2.41.